The number of carbonyl (C=O) groups is 19. The topological polar surface area (TPSA) is 675 Å². The summed E-state index contributed by atoms with van der Waals surface area (Å²) in [6.07, 6.45) is -0.204. The van der Waals surface area contributed by atoms with Crippen LogP contribution in [0.1, 0.15) is 141 Å². The van der Waals surface area contributed by atoms with Gasteiger partial charge in [0.2, 0.25) is 82.7 Å². The van der Waals surface area contributed by atoms with Gasteiger partial charge in [-0.25, -0.2) is 4.79 Å². The number of nitrogens with two attached hydrogens (primary N) is 2. The van der Waals surface area contributed by atoms with E-state index in [1.165, 1.54) is 6.20 Å². The summed E-state index contributed by atoms with van der Waals surface area (Å²) in [6, 6.07) is -8.30. The van der Waals surface area contributed by atoms with Crippen molar-refractivity contribution < 1.29 is 121 Å². The first kappa shape index (κ1) is 93.0. The van der Waals surface area contributed by atoms with E-state index in [4.69, 9.17) is 16.2 Å². The molecular formula is C73H101N17O25. The SMILES string of the molecule is CCCCCCCCCC(=O)N[C@@H](Cc1c[nH]c2ccccc12)C(=O)N[C@@H](CC(N)=O)C(=O)N[C@@H](CC(=O)O)C(=O)N[C@@H]1C(=O)NCC(=O)N[C@@H](CCCCN)C(=O)N[C@@H](CC(=O)O)C(=O)N[C@H](C)C(=O)N[C@@H](CC(=O)O)C(=O)NCC(=O)N[C@H](CO)C(=O)N[C@@H](CCC(=O)O)C(=O)N[C@@H](Cc2c[nH]c3ccccc23)C(=O)O[C@@H]1C. The number of esters is 1. The average molecular weight is 1620 g/mol. The highest BCUT2D eigenvalue weighted by molar-refractivity contribution is 6.02. The van der Waals surface area contributed by atoms with Crippen LogP contribution in [0.3, 0.4) is 0 Å². The van der Waals surface area contributed by atoms with Crippen molar-refractivity contribution in [1.29, 1.82) is 0 Å². The molecule has 1 saturated heterocycles. The van der Waals surface area contributed by atoms with E-state index in [0.717, 1.165) is 46.0 Å². The number of nitrogens with one attached hydrogen (secondary N) is 15. The van der Waals surface area contributed by atoms with E-state index < -0.39 is 250 Å². The first-order chi connectivity index (χ1) is 54.6. The van der Waals surface area contributed by atoms with Gasteiger partial charge in [0.1, 0.15) is 72.6 Å². The third kappa shape index (κ3) is 31.5. The Morgan fingerprint density at radius 2 is 0.991 bits per heavy atom. The van der Waals surface area contributed by atoms with Gasteiger partial charge in [-0.2, -0.15) is 0 Å². The average Bonchev–Trinajstić information content (AvgIpc) is 1.72. The number of aromatic amines is 2. The number of aliphatic hydroxyl groups excluding tert-OH is 1. The van der Waals surface area contributed by atoms with E-state index >= 15 is 0 Å². The lowest BCUT2D eigenvalue weighted by molar-refractivity contribution is -0.156. The van der Waals surface area contributed by atoms with Crippen LogP contribution in [0.25, 0.3) is 21.8 Å². The minimum Gasteiger partial charge on any atom is -0.481 e. The van der Waals surface area contributed by atoms with Gasteiger partial charge in [0.25, 0.3) is 0 Å². The van der Waals surface area contributed by atoms with Gasteiger partial charge in [-0.3, -0.25) is 86.3 Å². The fourth-order valence-electron chi connectivity index (χ4n) is 12.1. The van der Waals surface area contributed by atoms with Crippen molar-refractivity contribution in [3.63, 3.8) is 0 Å². The molecule has 24 N–H and O–H groups in total. The number of H-pyrrole nitrogens is 2. The van der Waals surface area contributed by atoms with Gasteiger partial charge >= 0.3 is 29.8 Å². The Labute approximate surface area is 657 Å². The lowest BCUT2D eigenvalue weighted by Gasteiger charge is -2.29. The highest BCUT2D eigenvalue weighted by atomic mass is 16.5. The molecule has 3 heterocycles. The Bertz CT molecular complexity index is 4170. The maximum absolute atomic E-state index is 15.0. The molecule has 1 aliphatic rings. The summed E-state index contributed by atoms with van der Waals surface area (Å²) >= 11 is 0. The number of primary amides is 1. The summed E-state index contributed by atoms with van der Waals surface area (Å²) in [7, 11) is 0. The van der Waals surface area contributed by atoms with Gasteiger partial charge in [-0.15, -0.1) is 0 Å². The molecule has 628 valence electrons. The molecule has 42 heteroatoms. The quantitative estimate of drug-likeness (QED) is 0.0152. The second-order valence-electron chi connectivity index (χ2n) is 27.4. The summed E-state index contributed by atoms with van der Waals surface area (Å²) in [5, 5.41) is 79.8. The third-order valence-electron chi connectivity index (χ3n) is 18.2. The lowest BCUT2D eigenvalue weighted by atomic mass is 10.0. The number of fused-ring (bicyclic) bond motifs is 2. The Hall–Kier alpha value is -12.6. The van der Waals surface area contributed by atoms with E-state index in [2.05, 4.69) is 75.4 Å². The number of hydrogen-bond acceptors (Lipinski definition) is 22. The summed E-state index contributed by atoms with van der Waals surface area (Å²) < 4.78 is 5.83. The van der Waals surface area contributed by atoms with Crippen molar-refractivity contribution in [2.24, 2.45) is 11.5 Å². The van der Waals surface area contributed by atoms with Crippen molar-refractivity contribution in [2.45, 2.75) is 215 Å². The zero-order valence-electron chi connectivity index (χ0n) is 63.5. The van der Waals surface area contributed by atoms with Crippen molar-refractivity contribution >= 4 is 134 Å². The second-order valence-corrected chi connectivity index (χ2v) is 27.4. The maximum atomic E-state index is 15.0. The van der Waals surface area contributed by atoms with Gasteiger partial charge in [0, 0.05) is 59.9 Å². The largest absolute Gasteiger partial charge is 0.481 e. The highest BCUT2D eigenvalue weighted by Crippen LogP contribution is 2.23. The van der Waals surface area contributed by atoms with E-state index in [0.29, 0.717) is 40.2 Å². The highest BCUT2D eigenvalue weighted by Gasteiger charge is 2.40. The number of para-hydroxylation sites is 2. The van der Waals surface area contributed by atoms with Crippen LogP contribution in [0.2, 0.25) is 0 Å². The van der Waals surface area contributed by atoms with Crippen molar-refractivity contribution in [2.75, 3.05) is 26.2 Å². The van der Waals surface area contributed by atoms with Crippen molar-refractivity contribution in [1.82, 2.24) is 79.1 Å². The Morgan fingerprint density at radius 1 is 0.496 bits per heavy atom. The van der Waals surface area contributed by atoms with Crippen molar-refractivity contribution in [3.05, 3.63) is 72.1 Å². The van der Waals surface area contributed by atoms with Crippen LogP contribution in [-0.2, 0) is 109 Å². The number of ether oxygens (including phenoxy) is 1. The predicted octanol–water partition coefficient (Wildman–Crippen LogP) is -4.61. The van der Waals surface area contributed by atoms with Gasteiger partial charge in [-0.1, -0.05) is 81.8 Å². The summed E-state index contributed by atoms with van der Waals surface area (Å²) in [6.45, 7) is 0.504. The van der Waals surface area contributed by atoms with E-state index in [1.807, 2.05) is 10.6 Å². The molecule has 12 atom stereocenters. The number of rotatable bonds is 35. The van der Waals surface area contributed by atoms with Crippen molar-refractivity contribution in [3.8, 4) is 0 Å². The molecule has 42 nitrogen and oxygen atoms in total. The second kappa shape index (κ2) is 47.0. The minimum absolute atomic E-state index is 0.00216. The third-order valence-corrected chi connectivity index (χ3v) is 18.2. The summed E-state index contributed by atoms with van der Waals surface area (Å²) in [4.78, 5) is 265. The molecule has 14 amide bonds. The number of amides is 14. The van der Waals surface area contributed by atoms with Gasteiger partial charge in [0.05, 0.1) is 45.4 Å². The molecule has 4 aromatic rings. The molecule has 0 saturated carbocycles. The standard InChI is InChI=1S/C73H101N17O25/c1-4-5-6-7-8-9-10-22-55(93)82-47(26-39-32-76-43-19-13-11-17-41(39)43)68(109)86-48(28-54(75)92)69(110)88-51(31-61(102)103)70(111)90-62-38(3)115-73(114)52(27-40-33-77-44-20-14-12-18-42(40)44)89-66(107)46(23-24-58(96)97)84-71(112)53(36-91)83-57(95)34-78-64(105)49(29-59(98)99)85-63(104)37(2)80-67(108)50(30-60(100)101)87-65(106)45(21-15-16-25-74)81-56(94)35-79-72(62)113/h11-14,17-20,32-33,37-38,45-53,62,76-77,91H,4-10,15-16,21-31,34-36,74H2,1-3H3,(H2,75,92)(H,78,105)(H,79,113)(H,80,108)(H,81,94)(H,82,93)(H,83,95)(H,84,112)(H,85,104)(H,86,109)(H,87,106)(H,88,110)(H,89,107)(H,90,111)(H,96,97)(H,98,99)(H,100,101)(H,102,103)/t37-,38-,45+,46+,47+,48+,49+,50+,51+,52+,53-,62+/m1/s1. The first-order valence-corrected chi connectivity index (χ1v) is 37.2. The zero-order chi connectivity index (χ0) is 85.0. The van der Waals surface area contributed by atoms with Crippen LogP contribution in [0.15, 0.2) is 60.9 Å². The molecule has 1 aliphatic heterocycles. The van der Waals surface area contributed by atoms with Crippen LogP contribution >= 0.6 is 0 Å². The molecule has 1 fully saturated rings. The number of cyclic esters (lactones) is 1. The Morgan fingerprint density at radius 3 is 1.57 bits per heavy atom. The first-order valence-electron chi connectivity index (χ1n) is 37.2. The van der Waals surface area contributed by atoms with Gasteiger partial charge in [0.15, 0.2) is 0 Å². The van der Waals surface area contributed by atoms with E-state index in [-0.39, 0.29) is 44.2 Å². The fraction of sp³-hybridized carbons (Fsp3) is 0.521. The molecule has 2 aromatic carbocycles. The van der Waals surface area contributed by atoms with E-state index in [9.17, 15) is 117 Å². The predicted molar refractivity (Wildman–Crippen MR) is 403 cm³/mol. The monoisotopic (exact) mass is 1620 g/mol. The Kier molecular flexibility index (Phi) is 38.0. The molecule has 0 unspecified atom stereocenters. The lowest BCUT2D eigenvalue weighted by Crippen LogP contribution is -2.61. The molecule has 0 radical (unpaired) electrons. The molecule has 0 spiro atoms. The number of aliphatic hydroxyl groups is 1. The number of carbonyl (C=O) groups excluding carboxylic acids is 15. The van der Waals surface area contributed by atoms with Crippen LogP contribution in [0, 0.1) is 0 Å². The molecule has 2 aromatic heterocycles. The van der Waals surface area contributed by atoms with Gasteiger partial charge < -0.3 is 121 Å². The summed E-state index contributed by atoms with van der Waals surface area (Å²) in [5.74, 6) is -26.1. The molecule has 115 heavy (non-hydrogen) atoms. The summed E-state index contributed by atoms with van der Waals surface area (Å²) in [5.41, 5.74) is 13.2. The van der Waals surface area contributed by atoms with Crippen LogP contribution in [0.4, 0.5) is 0 Å². The smallest absolute Gasteiger partial charge is 0.329 e. The van der Waals surface area contributed by atoms with Crippen LogP contribution in [-0.4, -0.2) is 247 Å². The van der Waals surface area contributed by atoms with Gasteiger partial charge in [-0.05, 0) is 75.8 Å². The van der Waals surface area contributed by atoms with Crippen LogP contribution < -0.4 is 80.6 Å². The zero-order valence-corrected chi connectivity index (χ0v) is 63.5. The molecule has 5 rings (SSSR count). The van der Waals surface area contributed by atoms with Crippen LogP contribution in [0.5, 0.6) is 0 Å². The normalized spacial score (nSPS) is 21.0. The number of hydrogen-bond donors (Lipinski definition) is 22. The maximum Gasteiger partial charge on any atom is 0.329 e. The molecular weight excluding hydrogens is 1510 g/mol. The number of unbranched alkanes of at least 4 members (excludes halogenated alkanes) is 7. The fourth-order valence-corrected chi connectivity index (χ4v) is 12.1. The number of carboxylic acid groups (broad SMARTS) is 4. The molecule has 0 bridgehead atoms. The number of carboxylic acids is 4. The number of benzene rings is 2. The number of aliphatic carboxylic acids is 4. The van der Waals surface area contributed by atoms with E-state index in [1.54, 1.807) is 54.7 Å². The minimum atomic E-state index is -2.35. The number of aromatic nitrogens is 2. The Balaban J connectivity index is 1.59. The molecule has 0 aliphatic carbocycles.